The Kier molecular flexibility index (Phi) is 4.76. The highest BCUT2D eigenvalue weighted by molar-refractivity contribution is 9.10. The molecule has 1 heterocycles. The number of hydrogen-bond donors (Lipinski definition) is 2. The molecule has 19 heavy (non-hydrogen) atoms. The summed E-state index contributed by atoms with van der Waals surface area (Å²) in [5.74, 6) is 0.733. The maximum Gasteiger partial charge on any atom is 0.238 e. The molecule has 1 aromatic heterocycles. The second-order valence-corrected chi connectivity index (χ2v) is 5.09. The fourth-order valence-electron chi connectivity index (χ4n) is 1.62. The molecular weight excluding hydrogens is 308 g/mol. The molecule has 0 spiro atoms. The van der Waals surface area contributed by atoms with Gasteiger partial charge in [0.2, 0.25) is 5.91 Å². The number of halogens is 1. The molecule has 4 nitrogen and oxygen atoms in total. The lowest BCUT2D eigenvalue weighted by atomic mass is 10.2. The summed E-state index contributed by atoms with van der Waals surface area (Å²) in [5, 5.41) is 5.92. The van der Waals surface area contributed by atoms with Gasteiger partial charge in [0.1, 0.15) is 5.76 Å². The van der Waals surface area contributed by atoms with Crippen LogP contribution in [0.1, 0.15) is 18.7 Å². The molecule has 2 N–H and O–H groups in total. The van der Waals surface area contributed by atoms with E-state index < -0.39 is 0 Å². The summed E-state index contributed by atoms with van der Waals surface area (Å²) >= 11 is 3.35. The largest absolute Gasteiger partial charge is 0.468 e. The van der Waals surface area contributed by atoms with Gasteiger partial charge in [0.25, 0.3) is 0 Å². The van der Waals surface area contributed by atoms with Gasteiger partial charge >= 0.3 is 0 Å². The lowest BCUT2D eigenvalue weighted by Crippen LogP contribution is -2.29. The number of amides is 1. The molecule has 0 aliphatic heterocycles. The van der Waals surface area contributed by atoms with Gasteiger partial charge < -0.3 is 9.73 Å². The van der Waals surface area contributed by atoms with Crippen LogP contribution < -0.4 is 10.6 Å². The van der Waals surface area contributed by atoms with Gasteiger partial charge in [0.05, 0.1) is 18.8 Å². The van der Waals surface area contributed by atoms with E-state index in [4.69, 9.17) is 4.42 Å². The van der Waals surface area contributed by atoms with Crippen molar-refractivity contribution in [2.75, 3.05) is 11.9 Å². The summed E-state index contributed by atoms with van der Waals surface area (Å²) in [6.07, 6.45) is 1.62. The zero-order valence-corrected chi connectivity index (χ0v) is 12.1. The quantitative estimate of drug-likeness (QED) is 0.887. The summed E-state index contributed by atoms with van der Waals surface area (Å²) in [4.78, 5) is 11.8. The van der Waals surface area contributed by atoms with Gasteiger partial charge in [-0.1, -0.05) is 15.9 Å². The fourth-order valence-corrected chi connectivity index (χ4v) is 1.89. The molecule has 5 heteroatoms. The first-order chi connectivity index (χ1) is 9.15. The first kappa shape index (κ1) is 13.8. The highest BCUT2D eigenvalue weighted by atomic mass is 79.9. The molecule has 1 atom stereocenters. The van der Waals surface area contributed by atoms with Crippen molar-refractivity contribution in [1.82, 2.24) is 5.32 Å². The van der Waals surface area contributed by atoms with Gasteiger partial charge in [-0.25, -0.2) is 0 Å². The molecule has 100 valence electrons. The van der Waals surface area contributed by atoms with Crippen LogP contribution in [0.5, 0.6) is 0 Å². The minimum Gasteiger partial charge on any atom is -0.468 e. The molecule has 0 radical (unpaired) electrons. The molecule has 0 aliphatic carbocycles. The first-order valence-corrected chi connectivity index (χ1v) is 6.76. The number of anilines is 1. The number of carbonyl (C=O) groups is 1. The van der Waals surface area contributed by atoms with Crippen LogP contribution in [0.25, 0.3) is 0 Å². The van der Waals surface area contributed by atoms with Crippen LogP contribution >= 0.6 is 15.9 Å². The van der Waals surface area contributed by atoms with E-state index in [1.54, 1.807) is 6.26 Å². The summed E-state index contributed by atoms with van der Waals surface area (Å²) in [6.45, 7) is 2.18. The summed E-state index contributed by atoms with van der Waals surface area (Å²) in [7, 11) is 0. The molecule has 0 bridgehead atoms. The van der Waals surface area contributed by atoms with Gasteiger partial charge in [-0.15, -0.1) is 0 Å². The topological polar surface area (TPSA) is 54.3 Å². The lowest BCUT2D eigenvalue weighted by Gasteiger charge is -2.11. The van der Waals surface area contributed by atoms with Gasteiger partial charge in [0, 0.05) is 10.2 Å². The summed E-state index contributed by atoms with van der Waals surface area (Å²) in [5.41, 5.74) is 0.778. The standard InChI is InChI=1S/C14H15BrN2O2/c1-10(13-3-2-8-19-13)16-9-14(18)17-12-6-4-11(15)5-7-12/h2-8,10,16H,9H2,1H3,(H,17,18). The SMILES string of the molecule is CC(NCC(=O)Nc1ccc(Br)cc1)c1ccco1. The van der Waals surface area contributed by atoms with Crippen molar-refractivity contribution in [2.24, 2.45) is 0 Å². The third-order valence-electron chi connectivity index (χ3n) is 2.67. The average molecular weight is 323 g/mol. The number of hydrogen-bond acceptors (Lipinski definition) is 3. The molecule has 2 aromatic rings. The molecule has 0 aliphatic rings. The highest BCUT2D eigenvalue weighted by Gasteiger charge is 2.09. The molecule has 0 saturated carbocycles. The van der Waals surface area contributed by atoms with Gasteiger partial charge in [0.15, 0.2) is 0 Å². The number of rotatable bonds is 5. The van der Waals surface area contributed by atoms with E-state index in [0.29, 0.717) is 0 Å². The van der Waals surface area contributed by atoms with Crippen molar-refractivity contribution in [3.8, 4) is 0 Å². The third-order valence-corrected chi connectivity index (χ3v) is 3.20. The molecule has 1 aromatic carbocycles. The predicted octanol–water partition coefficient (Wildman–Crippen LogP) is 3.33. The first-order valence-electron chi connectivity index (χ1n) is 5.97. The van der Waals surface area contributed by atoms with Crippen molar-refractivity contribution in [2.45, 2.75) is 13.0 Å². The van der Waals surface area contributed by atoms with Crippen molar-refractivity contribution in [1.29, 1.82) is 0 Å². The Morgan fingerprint density at radius 1 is 1.32 bits per heavy atom. The predicted molar refractivity (Wildman–Crippen MR) is 77.9 cm³/mol. The number of carbonyl (C=O) groups excluding carboxylic acids is 1. The van der Waals surface area contributed by atoms with Crippen LogP contribution in [0.2, 0.25) is 0 Å². The Bertz CT molecular complexity index is 523. The smallest absolute Gasteiger partial charge is 0.238 e. The Morgan fingerprint density at radius 3 is 2.68 bits per heavy atom. The molecule has 0 fully saturated rings. The Balaban J connectivity index is 1.80. The Labute approximate surface area is 120 Å². The minimum absolute atomic E-state index is 0.00525. The van der Waals surface area contributed by atoms with Crippen LogP contribution in [0, 0.1) is 0 Å². The number of nitrogens with one attached hydrogen (secondary N) is 2. The summed E-state index contributed by atoms with van der Waals surface area (Å²) < 4.78 is 6.24. The molecule has 1 amide bonds. The van der Waals surface area contributed by atoms with Gasteiger partial charge in [-0.2, -0.15) is 0 Å². The monoisotopic (exact) mass is 322 g/mol. The number of benzene rings is 1. The van der Waals surface area contributed by atoms with Crippen LogP contribution in [0.4, 0.5) is 5.69 Å². The second-order valence-electron chi connectivity index (χ2n) is 4.17. The molecule has 1 unspecified atom stereocenters. The molecular formula is C14H15BrN2O2. The van der Waals surface area contributed by atoms with E-state index >= 15 is 0 Å². The Morgan fingerprint density at radius 2 is 2.05 bits per heavy atom. The van der Waals surface area contributed by atoms with E-state index in [1.807, 2.05) is 43.3 Å². The van der Waals surface area contributed by atoms with E-state index in [-0.39, 0.29) is 18.5 Å². The number of furan rings is 1. The van der Waals surface area contributed by atoms with Crippen LogP contribution in [-0.4, -0.2) is 12.5 Å². The van der Waals surface area contributed by atoms with Crippen LogP contribution in [-0.2, 0) is 4.79 Å². The minimum atomic E-state index is -0.0827. The van der Waals surface area contributed by atoms with E-state index in [0.717, 1.165) is 15.9 Å². The molecule has 2 rings (SSSR count). The normalized spacial score (nSPS) is 12.1. The van der Waals surface area contributed by atoms with E-state index in [9.17, 15) is 4.79 Å². The van der Waals surface area contributed by atoms with Crippen molar-refractivity contribution in [3.63, 3.8) is 0 Å². The maximum atomic E-state index is 11.8. The van der Waals surface area contributed by atoms with E-state index in [2.05, 4.69) is 26.6 Å². The van der Waals surface area contributed by atoms with Gasteiger partial charge in [-0.3, -0.25) is 10.1 Å². The Hall–Kier alpha value is -1.59. The van der Waals surface area contributed by atoms with Gasteiger partial charge in [-0.05, 0) is 43.3 Å². The van der Waals surface area contributed by atoms with Crippen LogP contribution in [0.3, 0.4) is 0 Å². The van der Waals surface area contributed by atoms with E-state index in [1.165, 1.54) is 0 Å². The summed E-state index contributed by atoms with van der Waals surface area (Å²) in [6, 6.07) is 11.2. The average Bonchev–Trinajstić information content (AvgIpc) is 2.93. The zero-order chi connectivity index (χ0) is 13.7. The van der Waals surface area contributed by atoms with Crippen molar-refractivity contribution < 1.29 is 9.21 Å². The van der Waals surface area contributed by atoms with Crippen molar-refractivity contribution >= 4 is 27.5 Å². The van der Waals surface area contributed by atoms with Crippen molar-refractivity contribution in [3.05, 3.63) is 52.9 Å². The third kappa shape index (κ3) is 4.22. The molecule has 0 saturated heterocycles. The maximum absolute atomic E-state index is 11.8. The van der Waals surface area contributed by atoms with Crippen LogP contribution in [0.15, 0.2) is 51.6 Å². The lowest BCUT2D eigenvalue weighted by molar-refractivity contribution is -0.115. The highest BCUT2D eigenvalue weighted by Crippen LogP contribution is 2.14. The fraction of sp³-hybridized carbons (Fsp3) is 0.214. The second kappa shape index (κ2) is 6.54. The zero-order valence-electron chi connectivity index (χ0n) is 10.5.